The number of rotatable bonds is 4. The van der Waals surface area contributed by atoms with Gasteiger partial charge in [0.05, 0.1) is 5.69 Å². The van der Waals surface area contributed by atoms with Gasteiger partial charge in [-0.05, 0) is 6.07 Å². The van der Waals surface area contributed by atoms with Crippen molar-refractivity contribution in [3.8, 4) is 0 Å². The largest absolute Gasteiger partial charge is 0.396 e. The van der Waals surface area contributed by atoms with Crippen LogP contribution in [0.5, 0.6) is 0 Å². The summed E-state index contributed by atoms with van der Waals surface area (Å²) >= 11 is 0. The summed E-state index contributed by atoms with van der Waals surface area (Å²) < 4.78 is 13.1. The Morgan fingerprint density at radius 3 is 2.76 bits per heavy atom. The molecule has 1 aromatic carbocycles. The standard InChI is InChI=1S/C11H15FN2O3/c1-6(15)14-5-9(16)11(17)7-3-2-4-8(12)10(7)13/h2-4,9,11,16-17H,5,13H2,1H3,(H,14,15). The highest BCUT2D eigenvalue weighted by molar-refractivity contribution is 5.72. The number of aliphatic hydroxyl groups is 2. The second-order valence-corrected chi connectivity index (χ2v) is 3.69. The van der Waals surface area contributed by atoms with Gasteiger partial charge in [0.15, 0.2) is 0 Å². The summed E-state index contributed by atoms with van der Waals surface area (Å²) in [5.41, 5.74) is 5.34. The number of anilines is 1. The van der Waals surface area contributed by atoms with Gasteiger partial charge in [0, 0.05) is 19.0 Å². The highest BCUT2D eigenvalue weighted by atomic mass is 19.1. The number of nitrogens with two attached hydrogens (primary N) is 1. The van der Waals surface area contributed by atoms with Crippen molar-refractivity contribution in [2.24, 2.45) is 0 Å². The number of nitrogens with one attached hydrogen (secondary N) is 1. The third-order valence-corrected chi connectivity index (χ3v) is 2.33. The van der Waals surface area contributed by atoms with Crippen LogP contribution in [0.4, 0.5) is 10.1 Å². The first-order valence-corrected chi connectivity index (χ1v) is 5.08. The molecule has 0 bridgehead atoms. The van der Waals surface area contributed by atoms with Crippen molar-refractivity contribution in [2.75, 3.05) is 12.3 Å². The first-order valence-electron chi connectivity index (χ1n) is 5.08. The maximum absolute atomic E-state index is 13.1. The molecule has 1 amide bonds. The van der Waals surface area contributed by atoms with Crippen molar-refractivity contribution in [3.05, 3.63) is 29.6 Å². The Hall–Kier alpha value is -1.66. The van der Waals surface area contributed by atoms with Gasteiger partial charge in [-0.2, -0.15) is 0 Å². The van der Waals surface area contributed by atoms with E-state index in [1.807, 2.05) is 0 Å². The summed E-state index contributed by atoms with van der Waals surface area (Å²) in [6.07, 6.45) is -2.60. The second-order valence-electron chi connectivity index (χ2n) is 3.69. The van der Waals surface area contributed by atoms with E-state index in [2.05, 4.69) is 5.32 Å². The van der Waals surface area contributed by atoms with Gasteiger partial charge in [-0.15, -0.1) is 0 Å². The highest BCUT2D eigenvalue weighted by Crippen LogP contribution is 2.25. The van der Waals surface area contributed by atoms with Crippen LogP contribution in [0.25, 0.3) is 0 Å². The number of para-hydroxylation sites is 1. The molecule has 2 unspecified atom stereocenters. The molecule has 1 rings (SSSR count). The van der Waals surface area contributed by atoms with Crippen LogP contribution >= 0.6 is 0 Å². The van der Waals surface area contributed by atoms with Gasteiger partial charge in [0.25, 0.3) is 0 Å². The lowest BCUT2D eigenvalue weighted by Crippen LogP contribution is -2.34. The van der Waals surface area contributed by atoms with Gasteiger partial charge >= 0.3 is 0 Å². The van der Waals surface area contributed by atoms with Crippen molar-refractivity contribution >= 4 is 11.6 Å². The Morgan fingerprint density at radius 2 is 2.18 bits per heavy atom. The van der Waals surface area contributed by atoms with E-state index >= 15 is 0 Å². The molecule has 17 heavy (non-hydrogen) atoms. The molecule has 5 N–H and O–H groups in total. The summed E-state index contributed by atoms with van der Waals surface area (Å²) in [6, 6.07) is 3.96. The average Bonchev–Trinajstić information content (AvgIpc) is 2.28. The van der Waals surface area contributed by atoms with Crippen LogP contribution in [0.3, 0.4) is 0 Å². The highest BCUT2D eigenvalue weighted by Gasteiger charge is 2.21. The number of carbonyl (C=O) groups is 1. The molecule has 1 aromatic rings. The van der Waals surface area contributed by atoms with Crippen molar-refractivity contribution in [1.29, 1.82) is 0 Å². The van der Waals surface area contributed by atoms with Crippen LogP contribution in [0.15, 0.2) is 18.2 Å². The average molecular weight is 242 g/mol. The summed E-state index contributed by atoms with van der Waals surface area (Å²) in [4.78, 5) is 10.6. The summed E-state index contributed by atoms with van der Waals surface area (Å²) in [6.45, 7) is 1.15. The number of benzene rings is 1. The van der Waals surface area contributed by atoms with E-state index in [9.17, 15) is 19.4 Å². The fourth-order valence-electron chi connectivity index (χ4n) is 1.38. The molecule has 0 aromatic heterocycles. The molecule has 0 aliphatic heterocycles. The van der Waals surface area contributed by atoms with Crippen molar-refractivity contribution in [3.63, 3.8) is 0 Å². The van der Waals surface area contributed by atoms with Gasteiger partial charge in [-0.1, -0.05) is 12.1 Å². The lowest BCUT2D eigenvalue weighted by molar-refractivity contribution is -0.119. The molecule has 6 heteroatoms. The smallest absolute Gasteiger partial charge is 0.216 e. The Balaban J connectivity index is 2.77. The summed E-state index contributed by atoms with van der Waals surface area (Å²) in [7, 11) is 0. The Kier molecular flexibility index (Phi) is 4.42. The van der Waals surface area contributed by atoms with Crippen molar-refractivity contribution in [1.82, 2.24) is 5.32 Å². The molecule has 5 nitrogen and oxygen atoms in total. The van der Waals surface area contributed by atoms with Gasteiger partial charge in [0.1, 0.15) is 18.0 Å². The monoisotopic (exact) mass is 242 g/mol. The van der Waals surface area contributed by atoms with Gasteiger partial charge < -0.3 is 21.3 Å². The first-order chi connectivity index (χ1) is 7.93. The number of hydrogen-bond acceptors (Lipinski definition) is 4. The van der Waals surface area contributed by atoms with Crippen LogP contribution in [-0.2, 0) is 4.79 Å². The fraction of sp³-hybridized carbons (Fsp3) is 0.364. The quantitative estimate of drug-likeness (QED) is 0.556. The molecular formula is C11H15FN2O3. The van der Waals surface area contributed by atoms with Crippen molar-refractivity contribution in [2.45, 2.75) is 19.1 Å². The molecule has 2 atom stereocenters. The third kappa shape index (κ3) is 3.40. The topological polar surface area (TPSA) is 95.6 Å². The molecule has 0 aliphatic rings. The molecule has 0 radical (unpaired) electrons. The van der Waals surface area contributed by atoms with E-state index in [-0.39, 0.29) is 23.7 Å². The SMILES string of the molecule is CC(=O)NCC(O)C(O)c1cccc(F)c1N. The van der Waals surface area contributed by atoms with E-state index in [4.69, 9.17) is 5.73 Å². The normalized spacial score (nSPS) is 14.1. The zero-order valence-corrected chi connectivity index (χ0v) is 9.35. The zero-order valence-electron chi connectivity index (χ0n) is 9.35. The van der Waals surface area contributed by atoms with E-state index < -0.39 is 18.0 Å². The number of halogens is 1. The van der Waals surface area contributed by atoms with Crippen LogP contribution < -0.4 is 11.1 Å². The molecule has 0 spiro atoms. The minimum atomic E-state index is -1.35. The van der Waals surface area contributed by atoms with Gasteiger partial charge in [0.2, 0.25) is 5.91 Å². The van der Waals surface area contributed by atoms with Crippen LogP contribution in [0.1, 0.15) is 18.6 Å². The van der Waals surface area contributed by atoms with Crippen molar-refractivity contribution < 1.29 is 19.4 Å². The molecule has 0 heterocycles. The first kappa shape index (κ1) is 13.4. The van der Waals surface area contributed by atoms with Gasteiger partial charge in [-0.3, -0.25) is 4.79 Å². The maximum Gasteiger partial charge on any atom is 0.216 e. The molecule has 94 valence electrons. The molecule has 0 aliphatic carbocycles. The lowest BCUT2D eigenvalue weighted by Gasteiger charge is -2.19. The maximum atomic E-state index is 13.1. The summed E-state index contributed by atoms with van der Waals surface area (Å²) in [5, 5.41) is 21.7. The Bertz CT molecular complexity index is 412. The molecule has 0 saturated heterocycles. The predicted molar refractivity (Wildman–Crippen MR) is 60.5 cm³/mol. The number of amides is 1. The molecular weight excluding hydrogens is 227 g/mol. The van der Waals surface area contributed by atoms with Crippen LogP contribution in [0.2, 0.25) is 0 Å². The Labute approximate surface area is 98.1 Å². The number of hydrogen-bond donors (Lipinski definition) is 4. The predicted octanol–water partition coefficient (Wildman–Crippen LogP) is -0.0617. The zero-order chi connectivity index (χ0) is 13.0. The van der Waals surface area contributed by atoms with E-state index in [0.29, 0.717) is 0 Å². The van der Waals surface area contributed by atoms with E-state index in [1.165, 1.54) is 19.1 Å². The molecule has 0 fully saturated rings. The minimum absolute atomic E-state index is 0.0999. The fourth-order valence-corrected chi connectivity index (χ4v) is 1.38. The number of carbonyl (C=O) groups excluding carboxylic acids is 1. The minimum Gasteiger partial charge on any atom is -0.396 e. The summed E-state index contributed by atoms with van der Waals surface area (Å²) in [5.74, 6) is -0.989. The molecule has 0 saturated carbocycles. The van der Waals surface area contributed by atoms with Crippen LogP contribution in [-0.4, -0.2) is 28.8 Å². The van der Waals surface area contributed by atoms with E-state index in [1.54, 1.807) is 0 Å². The van der Waals surface area contributed by atoms with Crippen LogP contribution in [0, 0.1) is 5.82 Å². The number of nitrogen functional groups attached to an aromatic ring is 1. The second kappa shape index (κ2) is 5.60. The number of aliphatic hydroxyl groups excluding tert-OH is 2. The Morgan fingerprint density at radius 1 is 1.53 bits per heavy atom. The third-order valence-electron chi connectivity index (χ3n) is 2.33. The van der Waals surface area contributed by atoms with E-state index in [0.717, 1.165) is 6.07 Å². The lowest BCUT2D eigenvalue weighted by atomic mass is 10.0. The van der Waals surface area contributed by atoms with Gasteiger partial charge in [-0.25, -0.2) is 4.39 Å².